The number of carbonyl (C=O) groups excluding carboxylic acids is 1. The summed E-state index contributed by atoms with van der Waals surface area (Å²) >= 11 is 0. The maximum atomic E-state index is 12.0. The van der Waals surface area contributed by atoms with Gasteiger partial charge in [0.05, 0.1) is 7.11 Å². The van der Waals surface area contributed by atoms with Crippen molar-refractivity contribution in [1.29, 1.82) is 0 Å². The Morgan fingerprint density at radius 2 is 2.19 bits per heavy atom. The summed E-state index contributed by atoms with van der Waals surface area (Å²) in [7, 11) is 1.45. The maximum absolute atomic E-state index is 12.0. The van der Waals surface area contributed by atoms with Gasteiger partial charge in [-0.1, -0.05) is 13.8 Å². The normalized spacial score (nSPS) is 13.9. The van der Waals surface area contributed by atoms with Gasteiger partial charge in [0.15, 0.2) is 0 Å². The first-order valence-electron chi connectivity index (χ1n) is 7.90. The summed E-state index contributed by atoms with van der Waals surface area (Å²) in [6.45, 7) is 7.87. The van der Waals surface area contributed by atoms with Gasteiger partial charge in [-0.05, 0) is 39.2 Å². The summed E-state index contributed by atoms with van der Waals surface area (Å²) in [5.41, 5.74) is -0.601. The number of esters is 1. The van der Waals surface area contributed by atoms with Gasteiger partial charge in [-0.25, -0.2) is 4.98 Å². The molecular formula is C16H29N3O2. The van der Waals surface area contributed by atoms with Crippen molar-refractivity contribution in [2.24, 2.45) is 0 Å². The molecule has 0 amide bonds. The number of hydrogen-bond acceptors (Lipinski definition) is 4. The van der Waals surface area contributed by atoms with Crippen molar-refractivity contribution in [2.45, 2.75) is 65.0 Å². The fourth-order valence-electron chi connectivity index (χ4n) is 2.49. The first-order chi connectivity index (χ1) is 10.1. The zero-order valence-electron chi connectivity index (χ0n) is 13.8. The van der Waals surface area contributed by atoms with Crippen molar-refractivity contribution in [3.05, 3.63) is 18.2 Å². The molecule has 1 rings (SSSR count). The Morgan fingerprint density at radius 3 is 2.81 bits per heavy atom. The quantitative estimate of drug-likeness (QED) is 0.674. The van der Waals surface area contributed by atoms with Gasteiger partial charge in [0.1, 0.15) is 11.4 Å². The van der Waals surface area contributed by atoms with Crippen molar-refractivity contribution in [2.75, 3.05) is 13.7 Å². The van der Waals surface area contributed by atoms with E-state index < -0.39 is 5.54 Å². The number of imidazole rings is 1. The minimum Gasteiger partial charge on any atom is -0.468 e. The topological polar surface area (TPSA) is 56.2 Å². The molecule has 21 heavy (non-hydrogen) atoms. The second kappa shape index (κ2) is 8.82. The highest BCUT2D eigenvalue weighted by Crippen LogP contribution is 2.16. The molecular weight excluding hydrogens is 266 g/mol. The Morgan fingerprint density at radius 1 is 1.43 bits per heavy atom. The third kappa shape index (κ3) is 5.16. The standard InChI is InChI=1S/C16H29N3O2/c1-5-8-14-17-11-13-19(14)12-7-9-16(3,15(20)21-4)18-10-6-2/h11,13,18H,5-10,12H2,1-4H3. The van der Waals surface area contributed by atoms with E-state index in [2.05, 4.69) is 28.7 Å². The molecule has 1 unspecified atom stereocenters. The summed E-state index contributed by atoms with van der Waals surface area (Å²) in [5, 5.41) is 3.32. The van der Waals surface area contributed by atoms with Crippen LogP contribution >= 0.6 is 0 Å². The number of carbonyl (C=O) groups is 1. The van der Waals surface area contributed by atoms with E-state index in [1.54, 1.807) is 0 Å². The van der Waals surface area contributed by atoms with E-state index in [1.165, 1.54) is 7.11 Å². The average Bonchev–Trinajstić information content (AvgIpc) is 2.92. The van der Waals surface area contributed by atoms with Crippen LogP contribution in [0.3, 0.4) is 0 Å². The van der Waals surface area contributed by atoms with Crippen LogP contribution in [0.25, 0.3) is 0 Å². The fraction of sp³-hybridized carbons (Fsp3) is 0.750. The number of ether oxygens (including phenoxy) is 1. The molecule has 0 spiro atoms. The highest BCUT2D eigenvalue weighted by atomic mass is 16.5. The molecule has 1 N–H and O–H groups in total. The number of aryl methyl sites for hydroxylation is 2. The number of aromatic nitrogens is 2. The Bertz CT molecular complexity index is 431. The average molecular weight is 295 g/mol. The molecule has 0 aliphatic heterocycles. The zero-order chi connectivity index (χ0) is 15.7. The first kappa shape index (κ1) is 17.7. The Hall–Kier alpha value is -1.36. The highest BCUT2D eigenvalue weighted by molar-refractivity contribution is 5.80. The van der Waals surface area contributed by atoms with Crippen LogP contribution < -0.4 is 5.32 Å². The van der Waals surface area contributed by atoms with Crippen molar-refractivity contribution < 1.29 is 9.53 Å². The van der Waals surface area contributed by atoms with Crippen molar-refractivity contribution >= 4 is 5.97 Å². The van der Waals surface area contributed by atoms with Crippen LogP contribution in [0.4, 0.5) is 0 Å². The van der Waals surface area contributed by atoms with Crippen LogP contribution in [0.15, 0.2) is 12.4 Å². The first-order valence-corrected chi connectivity index (χ1v) is 7.90. The molecule has 5 heteroatoms. The molecule has 0 radical (unpaired) electrons. The van der Waals surface area contributed by atoms with E-state index in [0.29, 0.717) is 0 Å². The second-order valence-electron chi connectivity index (χ2n) is 5.64. The predicted octanol–water partition coefficient (Wildman–Crippen LogP) is 2.55. The van der Waals surface area contributed by atoms with Crippen LogP contribution in [-0.2, 0) is 22.5 Å². The molecule has 0 aliphatic rings. The molecule has 0 saturated carbocycles. The third-order valence-corrected chi connectivity index (χ3v) is 3.75. The summed E-state index contributed by atoms with van der Waals surface area (Å²) in [4.78, 5) is 16.4. The van der Waals surface area contributed by atoms with Crippen molar-refractivity contribution in [3.63, 3.8) is 0 Å². The van der Waals surface area contributed by atoms with Gasteiger partial charge in [0.25, 0.3) is 0 Å². The van der Waals surface area contributed by atoms with Gasteiger partial charge in [-0.3, -0.25) is 4.79 Å². The summed E-state index contributed by atoms with van der Waals surface area (Å²) in [6, 6.07) is 0. The summed E-state index contributed by atoms with van der Waals surface area (Å²) in [6.07, 6.45) is 8.61. The molecule has 120 valence electrons. The number of rotatable bonds is 10. The highest BCUT2D eigenvalue weighted by Gasteiger charge is 2.32. The number of nitrogens with one attached hydrogen (secondary N) is 1. The van der Waals surface area contributed by atoms with Crippen LogP contribution in [-0.4, -0.2) is 34.7 Å². The van der Waals surface area contributed by atoms with E-state index in [9.17, 15) is 4.79 Å². The van der Waals surface area contributed by atoms with Gasteiger partial charge in [0, 0.05) is 25.4 Å². The molecule has 0 bridgehead atoms. The van der Waals surface area contributed by atoms with E-state index in [4.69, 9.17) is 4.74 Å². The molecule has 1 aromatic heterocycles. The summed E-state index contributed by atoms with van der Waals surface area (Å²) in [5.74, 6) is 0.939. The zero-order valence-corrected chi connectivity index (χ0v) is 13.8. The largest absolute Gasteiger partial charge is 0.468 e. The van der Waals surface area contributed by atoms with Gasteiger partial charge in [-0.2, -0.15) is 0 Å². The Labute approximate surface area is 128 Å². The lowest BCUT2D eigenvalue weighted by Gasteiger charge is -2.28. The Kier molecular flexibility index (Phi) is 7.43. The van der Waals surface area contributed by atoms with Crippen LogP contribution in [0.2, 0.25) is 0 Å². The molecule has 0 aromatic carbocycles. The van der Waals surface area contributed by atoms with Crippen molar-refractivity contribution in [3.8, 4) is 0 Å². The summed E-state index contributed by atoms with van der Waals surface area (Å²) < 4.78 is 7.12. The maximum Gasteiger partial charge on any atom is 0.325 e. The van der Waals surface area contributed by atoms with E-state index in [1.807, 2.05) is 19.3 Å². The monoisotopic (exact) mass is 295 g/mol. The van der Waals surface area contributed by atoms with Crippen LogP contribution in [0.5, 0.6) is 0 Å². The van der Waals surface area contributed by atoms with Crippen LogP contribution in [0, 0.1) is 0 Å². The number of hydrogen-bond donors (Lipinski definition) is 1. The Balaban J connectivity index is 2.56. The van der Waals surface area contributed by atoms with Crippen LogP contribution in [0.1, 0.15) is 52.3 Å². The third-order valence-electron chi connectivity index (χ3n) is 3.75. The van der Waals surface area contributed by atoms with Gasteiger partial charge < -0.3 is 14.6 Å². The van der Waals surface area contributed by atoms with Crippen molar-refractivity contribution in [1.82, 2.24) is 14.9 Å². The van der Waals surface area contributed by atoms with E-state index >= 15 is 0 Å². The molecule has 0 aliphatic carbocycles. The molecule has 0 saturated heterocycles. The van der Waals surface area contributed by atoms with Gasteiger partial charge >= 0.3 is 5.97 Å². The SMILES string of the molecule is CCCNC(C)(CCCn1ccnc1CCC)C(=O)OC. The fourth-order valence-corrected chi connectivity index (χ4v) is 2.49. The molecule has 1 atom stereocenters. The lowest BCUT2D eigenvalue weighted by Crippen LogP contribution is -2.50. The lowest BCUT2D eigenvalue weighted by molar-refractivity contribution is -0.148. The minimum absolute atomic E-state index is 0.185. The van der Waals surface area contributed by atoms with Gasteiger partial charge in [-0.15, -0.1) is 0 Å². The molecule has 5 nitrogen and oxygen atoms in total. The number of nitrogens with zero attached hydrogens (tertiary/aromatic N) is 2. The van der Waals surface area contributed by atoms with E-state index in [-0.39, 0.29) is 5.97 Å². The second-order valence-corrected chi connectivity index (χ2v) is 5.64. The molecule has 1 aromatic rings. The van der Waals surface area contributed by atoms with E-state index in [0.717, 1.165) is 51.0 Å². The number of methoxy groups -OCH3 is 1. The van der Waals surface area contributed by atoms with Gasteiger partial charge in [0.2, 0.25) is 0 Å². The smallest absolute Gasteiger partial charge is 0.325 e. The minimum atomic E-state index is -0.601. The predicted molar refractivity (Wildman–Crippen MR) is 84.2 cm³/mol. The molecule has 1 heterocycles. The molecule has 0 fully saturated rings. The lowest BCUT2D eigenvalue weighted by atomic mass is 9.95.